The summed E-state index contributed by atoms with van der Waals surface area (Å²) in [6.07, 6.45) is 1.55. The minimum Gasteiger partial charge on any atom is -0.497 e. The van der Waals surface area contributed by atoms with Crippen LogP contribution in [-0.2, 0) is 9.59 Å². The molecular formula is C19H15ClN2O4S. The van der Waals surface area contributed by atoms with Crippen LogP contribution < -0.4 is 10.1 Å². The van der Waals surface area contributed by atoms with Gasteiger partial charge in [-0.3, -0.25) is 19.3 Å². The Balaban J connectivity index is 1.68. The van der Waals surface area contributed by atoms with Crippen LogP contribution in [0.5, 0.6) is 5.75 Å². The van der Waals surface area contributed by atoms with Gasteiger partial charge in [0, 0.05) is 10.7 Å². The Bertz CT molecular complexity index is 928. The summed E-state index contributed by atoms with van der Waals surface area (Å²) in [6.45, 7) is -0.365. The lowest BCUT2D eigenvalue weighted by atomic mass is 10.2. The summed E-state index contributed by atoms with van der Waals surface area (Å²) in [5.74, 6) is -0.333. The number of carbonyl (C=O) groups is 3. The van der Waals surface area contributed by atoms with Crippen LogP contribution in [0.1, 0.15) is 5.56 Å². The lowest BCUT2D eigenvalue weighted by Crippen LogP contribution is -2.36. The van der Waals surface area contributed by atoms with E-state index in [1.54, 1.807) is 61.7 Å². The van der Waals surface area contributed by atoms with Crippen molar-refractivity contribution in [3.63, 3.8) is 0 Å². The fraction of sp³-hybridized carbons (Fsp3) is 0.105. The molecule has 0 bridgehead atoms. The molecule has 8 heteroatoms. The SMILES string of the molecule is COc1ccc(NC(=O)CN2C(=O)S/C(=C/c3ccccc3Cl)C2=O)cc1. The molecule has 138 valence electrons. The average Bonchev–Trinajstić information content (AvgIpc) is 2.91. The number of halogens is 1. The molecule has 1 fully saturated rings. The van der Waals surface area contributed by atoms with Crippen molar-refractivity contribution < 1.29 is 19.1 Å². The zero-order valence-electron chi connectivity index (χ0n) is 14.3. The first kappa shape index (κ1) is 19.0. The largest absolute Gasteiger partial charge is 0.497 e. The Kier molecular flexibility index (Phi) is 5.83. The molecule has 6 nitrogen and oxygen atoms in total. The van der Waals surface area contributed by atoms with Crippen LogP contribution in [0.2, 0.25) is 5.02 Å². The monoisotopic (exact) mass is 402 g/mol. The maximum atomic E-state index is 12.5. The molecule has 0 spiro atoms. The molecular weight excluding hydrogens is 388 g/mol. The Morgan fingerprint density at radius 3 is 2.56 bits per heavy atom. The fourth-order valence-electron chi connectivity index (χ4n) is 2.39. The van der Waals surface area contributed by atoms with Gasteiger partial charge in [0.25, 0.3) is 11.1 Å². The first-order valence-corrected chi connectivity index (χ1v) is 9.11. The number of amides is 3. The van der Waals surface area contributed by atoms with Gasteiger partial charge < -0.3 is 10.1 Å². The Labute approximate surface area is 165 Å². The van der Waals surface area contributed by atoms with Crippen LogP contribution in [0.25, 0.3) is 6.08 Å². The minimum absolute atomic E-state index is 0.227. The van der Waals surface area contributed by atoms with Gasteiger partial charge in [0.2, 0.25) is 5.91 Å². The van der Waals surface area contributed by atoms with Gasteiger partial charge in [-0.05, 0) is 53.7 Å². The molecule has 3 amide bonds. The summed E-state index contributed by atoms with van der Waals surface area (Å²) in [5.41, 5.74) is 1.17. The number of carbonyl (C=O) groups excluding carboxylic acids is 3. The van der Waals surface area contributed by atoms with E-state index in [9.17, 15) is 14.4 Å². The Morgan fingerprint density at radius 2 is 1.89 bits per heavy atom. The second kappa shape index (κ2) is 8.28. The Hall–Kier alpha value is -2.77. The normalized spacial score (nSPS) is 15.3. The van der Waals surface area contributed by atoms with Gasteiger partial charge in [-0.2, -0.15) is 0 Å². The number of anilines is 1. The van der Waals surface area contributed by atoms with Crippen molar-refractivity contribution >= 4 is 52.2 Å². The highest BCUT2D eigenvalue weighted by Gasteiger charge is 2.36. The second-order valence-electron chi connectivity index (χ2n) is 5.57. The molecule has 0 aliphatic carbocycles. The third-order valence-electron chi connectivity index (χ3n) is 3.74. The molecule has 2 aromatic rings. The lowest BCUT2D eigenvalue weighted by molar-refractivity contribution is -0.127. The van der Waals surface area contributed by atoms with Gasteiger partial charge in [0.1, 0.15) is 12.3 Å². The summed E-state index contributed by atoms with van der Waals surface area (Å²) in [6, 6.07) is 13.7. The number of benzene rings is 2. The van der Waals surface area contributed by atoms with Gasteiger partial charge in [-0.15, -0.1) is 0 Å². The minimum atomic E-state index is -0.519. The van der Waals surface area contributed by atoms with E-state index in [1.807, 2.05) is 0 Å². The molecule has 2 aromatic carbocycles. The van der Waals surface area contributed by atoms with Crippen molar-refractivity contribution in [1.29, 1.82) is 0 Å². The van der Waals surface area contributed by atoms with Gasteiger partial charge in [-0.1, -0.05) is 29.8 Å². The third kappa shape index (κ3) is 4.50. The molecule has 0 radical (unpaired) electrons. The number of nitrogens with one attached hydrogen (secondary N) is 1. The van der Waals surface area contributed by atoms with Crippen LogP contribution >= 0.6 is 23.4 Å². The molecule has 0 unspecified atom stereocenters. The first-order chi connectivity index (χ1) is 13.0. The summed E-state index contributed by atoms with van der Waals surface area (Å²) in [5, 5.41) is 2.62. The molecule has 27 heavy (non-hydrogen) atoms. The van der Waals surface area contributed by atoms with E-state index in [0.29, 0.717) is 22.0 Å². The zero-order chi connectivity index (χ0) is 19.4. The van der Waals surface area contributed by atoms with E-state index in [2.05, 4.69) is 5.32 Å². The van der Waals surface area contributed by atoms with E-state index in [-0.39, 0.29) is 11.4 Å². The number of ether oxygens (including phenoxy) is 1. The number of thioether (sulfide) groups is 1. The summed E-state index contributed by atoms with van der Waals surface area (Å²) in [4.78, 5) is 37.9. The highest BCUT2D eigenvalue weighted by molar-refractivity contribution is 8.18. The fourth-order valence-corrected chi connectivity index (χ4v) is 3.41. The second-order valence-corrected chi connectivity index (χ2v) is 6.97. The van der Waals surface area contributed by atoms with Gasteiger partial charge in [-0.25, -0.2) is 0 Å². The van der Waals surface area contributed by atoms with Gasteiger partial charge in [0.15, 0.2) is 0 Å². The molecule has 1 N–H and O–H groups in total. The molecule has 0 aromatic heterocycles. The van der Waals surface area contributed by atoms with E-state index in [1.165, 1.54) is 0 Å². The highest BCUT2D eigenvalue weighted by atomic mass is 35.5. The van der Waals surface area contributed by atoms with Gasteiger partial charge in [0.05, 0.1) is 12.0 Å². The molecule has 3 rings (SSSR count). The summed E-state index contributed by atoms with van der Waals surface area (Å²) >= 11 is 6.86. The number of nitrogens with zero attached hydrogens (tertiary/aromatic N) is 1. The van der Waals surface area contributed by atoms with Crippen LogP contribution in [0.4, 0.5) is 10.5 Å². The van der Waals surface area contributed by atoms with Crippen LogP contribution in [0, 0.1) is 0 Å². The molecule has 0 saturated carbocycles. The smallest absolute Gasteiger partial charge is 0.294 e. The van der Waals surface area contributed by atoms with E-state index < -0.39 is 17.1 Å². The van der Waals surface area contributed by atoms with Crippen LogP contribution in [-0.4, -0.2) is 35.6 Å². The van der Waals surface area contributed by atoms with Crippen molar-refractivity contribution in [3.8, 4) is 5.75 Å². The molecule has 1 saturated heterocycles. The van der Waals surface area contributed by atoms with Gasteiger partial charge >= 0.3 is 0 Å². The standard InChI is InChI=1S/C19H15ClN2O4S/c1-26-14-8-6-13(7-9-14)21-17(23)11-22-18(24)16(27-19(22)25)10-12-4-2-3-5-15(12)20/h2-10H,11H2,1H3,(H,21,23)/b16-10+. The highest BCUT2D eigenvalue weighted by Crippen LogP contribution is 2.33. The van der Waals surface area contributed by atoms with Crippen molar-refractivity contribution in [2.45, 2.75) is 0 Å². The first-order valence-electron chi connectivity index (χ1n) is 7.92. The number of rotatable bonds is 5. The number of hydrogen-bond acceptors (Lipinski definition) is 5. The van der Waals surface area contributed by atoms with Crippen LogP contribution in [0.3, 0.4) is 0 Å². The van der Waals surface area contributed by atoms with Crippen molar-refractivity contribution in [2.24, 2.45) is 0 Å². The average molecular weight is 403 g/mol. The predicted molar refractivity (Wildman–Crippen MR) is 106 cm³/mol. The van der Waals surface area contributed by atoms with Crippen LogP contribution in [0.15, 0.2) is 53.4 Å². The maximum Gasteiger partial charge on any atom is 0.294 e. The molecule has 0 atom stereocenters. The number of hydrogen-bond donors (Lipinski definition) is 1. The van der Waals surface area contributed by atoms with Crippen molar-refractivity contribution in [1.82, 2.24) is 4.90 Å². The van der Waals surface area contributed by atoms with Crippen molar-refractivity contribution in [3.05, 3.63) is 64.0 Å². The molecule has 1 heterocycles. The summed E-state index contributed by atoms with van der Waals surface area (Å²) in [7, 11) is 1.55. The lowest BCUT2D eigenvalue weighted by Gasteiger charge is -2.12. The van der Waals surface area contributed by atoms with Crippen molar-refractivity contribution in [2.75, 3.05) is 19.0 Å². The van der Waals surface area contributed by atoms with E-state index >= 15 is 0 Å². The maximum absolute atomic E-state index is 12.5. The predicted octanol–water partition coefficient (Wildman–Crippen LogP) is 4.02. The number of methoxy groups -OCH3 is 1. The zero-order valence-corrected chi connectivity index (χ0v) is 15.8. The molecule has 1 aliphatic heterocycles. The quantitative estimate of drug-likeness (QED) is 0.764. The van der Waals surface area contributed by atoms with E-state index in [0.717, 1.165) is 16.7 Å². The molecule has 1 aliphatic rings. The number of imide groups is 1. The van der Waals surface area contributed by atoms with E-state index in [4.69, 9.17) is 16.3 Å². The topological polar surface area (TPSA) is 75.7 Å². The Morgan fingerprint density at radius 1 is 1.19 bits per heavy atom. The summed E-state index contributed by atoms with van der Waals surface area (Å²) < 4.78 is 5.05. The third-order valence-corrected chi connectivity index (χ3v) is 4.99.